The molecule has 3 atom stereocenters. The van der Waals surface area contributed by atoms with Crippen molar-refractivity contribution in [1.82, 2.24) is 9.88 Å². The van der Waals surface area contributed by atoms with Gasteiger partial charge in [-0.15, -0.1) is 0 Å². The summed E-state index contributed by atoms with van der Waals surface area (Å²) in [4.78, 5) is 48.1. The number of halogens is 4. The molecule has 0 radical (unpaired) electrons. The van der Waals surface area contributed by atoms with Gasteiger partial charge in [-0.2, -0.15) is 8.78 Å². The van der Waals surface area contributed by atoms with Crippen molar-refractivity contribution < 1.29 is 46.9 Å². The Bertz CT molecular complexity index is 1180. The van der Waals surface area contributed by atoms with Gasteiger partial charge in [0.2, 0.25) is 23.4 Å². The lowest BCUT2D eigenvalue weighted by molar-refractivity contribution is -0.139. The highest BCUT2D eigenvalue weighted by Gasteiger charge is 2.30. The maximum atomic E-state index is 13.8. The van der Waals surface area contributed by atoms with E-state index in [1.54, 1.807) is 0 Å². The van der Waals surface area contributed by atoms with Crippen molar-refractivity contribution in [3.8, 4) is 5.75 Å². The summed E-state index contributed by atoms with van der Waals surface area (Å²) in [6.07, 6.45) is -1.50. The minimum Gasteiger partial charge on any atom is -0.485 e. The number of nitrogens with one attached hydrogen (secondary N) is 2. The molecule has 1 aromatic heterocycles. The molecule has 36 heavy (non-hydrogen) atoms. The first kappa shape index (κ1) is 28.3. The van der Waals surface area contributed by atoms with E-state index >= 15 is 0 Å². The molecule has 2 amide bonds. The molecule has 10 nitrogen and oxygen atoms in total. The number of benzene rings is 1. The Kier molecular flexibility index (Phi) is 9.55. The summed E-state index contributed by atoms with van der Waals surface area (Å²) < 4.78 is 59.9. The number of rotatable bonds is 11. The largest absolute Gasteiger partial charge is 0.485 e. The van der Waals surface area contributed by atoms with E-state index in [-0.39, 0.29) is 18.2 Å². The van der Waals surface area contributed by atoms with Crippen molar-refractivity contribution in [2.75, 3.05) is 11.9 Å². The third-order valence-electron chi connectivity index (χ3n) is 4.97. The van der Waals surface area contributed by atoms with Gasteiger partial charge in [-0.25, -0.2) is 8.78 Å². The van der Waals surface area contributed by atoms with Crippen LogP contribution in [0.15, 0.2) is 29.2 Å². The van der Waals surface area contributed by atoms with E-state index in [2.05, 4.69) is 15.4 Å². The minimum atomic E-state index is -1.91. The van der Waals surface area contributed by atoms with Crippen LogP contribution in [0.5, 0.6) is 5.75 Å². The number of aromatic nitrogens is 1. The van der Waals surface area contributed by atoms with Gasteiger partial charge < -0.3 is 30.2 Å². The van der Waals surface area contributed by atoms with Crippen molar-refractivity contribution in [3.05, 3.63) is 58.0 Å². The van der Waals surface area contributed by atoms with Crippen LogP contribution < -0.4 is 20.9 Å². The second kappa shape index (κ2) is 12.2. The Balaban J connectivity index is 2.25. The highest BCUT2D eigenvalue weighted by molar-refractivity contribution is 5.88. The normalized spacial score (nSPS) is 13.4. The maximum Gasteiger partial charge on any atom is 0.305 e. The Morgan fingerprint density at radius 1 is 1.14 bits per heavy atom. The standard InChI is InChI=1S/C22H23F4N3O7/c1-3-15(29-6-4-5-13(22(29)35)27-10(2)30)21(34)28-14(8-17(32)33)16(31)9-36-20-18(25)11(23)7-12(24)19(20)26/h4-7,14-16,31H,3,8-9H2,1-2H3,(H,27,30)(H,28,34)(H,32,33)/t14-,15?,16?/m0/s1. The molecule has 0 spiro atoms. The molecule has 2 aromatic rings. The summed E-state index contributed by atoms with van der Waals surface area (Å²) in [5.41, 5.74) is -0.842. The van der Waals surface area contributed by atoms with Crippen molar-refractivity contribution in [1.29, 1.82) is 0 Å². The van der Waals surface area contributed by atoms with Gasteiger partial charge in [0.05, 0.1) is 12.5 Å². The van der Waals surface area contributed by atoms with Gasteiger partial charge in [-0.1, -0.05) is 6.92 Å². The molecular formula is C22H23F4N3O7. The lowest BCUT2D eigenvalue weighted by atomic mass is 10.1. The van der Waals surface area contributed by atoms with Crippen molar-refractivity contribution in [2.24, 2.45) is 0 Å². The number of nitrogens with zero attached hydrogens (tertiary/aromatic N) is 1. The highest BCUT2D eigenvalue weighted by atomic mass is 19.2. The summed E-state index contributed by atoms with van der Waals surface area (Å²) in [6, 6.07) is -0.144. The predicted octanol–water partition coefficient (Wildman–Crippen LogP) is 1.71. The quantitative estimate of drug-likeness (QED) is 0.262. The molecule has 1 heterocycles. The van der Waals surface area contributed by atoms with Crippen LogP contribution in [-0.4, -0.2) is 51.3 Å². The molecule has 0 bridgehead atoms. The summed E-state index contributed by atoms with van der Waals surface area (Å²) >= 11 is 0. The van der Waals surface area contributed by atoms with Gasteiger partial charge >= 0.3 is 5.97 Å². The summed E-state index contributed by atoms with van der Waals surface area (Å²) in [5, 5.41) is 24.1. The first-order valence-corrected chi connectivity index (χ1v) is 10.5. The number of carboxylic acids is 1. The third-order valence-corrected chi connectivity index (χ3v) is 4.97. The predicted molar refractivity (Wildman–Crippen MR) is 116 cm³/mol. The van der Waals surface area contributed by atoms with Gasteiger partial charge in [0, 0.05) is 19.2 Å². The Morgan fingerprint density at radius 3 is 2.28 bits per heavy atom. The average molecular weight is 517 g/mol. The van der Waals surface area contributed by atoms with E-state index in [0.29, 0.717) is 0 Å². The molecule has 0 aliphatic carbocycles. The number of ether oxygens (including phenoxy) is 1. The molecule has 0 aliphatic heterocycles. The maximum absolute atomic E-state index is 13.8. The van der Waals surface area contributed by atoms with Crippen LogP contribution in [0.3, 0.4) is 0 Å². The van der Waals surface area contributed by atoms with Crippen LogP contribution >= 0.6 is 0 Å². The molecule has 0 saturated heterocycles. The number of hydrogen-bond acceptors (Lipinski definition) is 6. The smallest absolute Gasteiger partial charge is 0.305 e. The molecule has 14 heteroatoms. The zero-order chi connectivity index (χ0) is 27.2. The molecule has 196 valence electrons. The number of anilines is 1. The number of carbonyl (C=O) groups is 3. The fourth-order valence-electron chi connectivity index (χ4n) is 3.26. The van der Waals surface area contributed by atoms with Gasteiger partial charge in [-0.05, 0) is 18.6 Å². The van der Waals surface area contributed by atoms with Gasteiger partial charge in [0.25, 0.3) is 5.56 Å². The molecular weight excluding hydrogens is 494 g/mol. The van der Waals surface area contributed by atoms with Crippen LogP contribution in [0, 0.1) is 23.3 Å². The van der Waals surface area contributed by atoms with E-state index in [4.69, 9.17) is 5.11 Å². The molecule has 0 aliphatic rings. The third kappa shape index (κ3) is 6.81. The highest BCUT2D eigenvalue weighted by Crippen LogP contribution is 2.26. The second-order valence-corrected chi connectivity index (χ2v) is 7.63. The summed E-state index contributed by atoms with van der Waals surface area (Å²) in [6.45, 7) is 1.66. The first-order valence-electron chi connectivity index (χ1n) is 10.5. The fraction of sp³-hybridized carbons (Fsp3) is 0.364. The van der Waals surface area contributed by atoms with Crippen LogP contribution in [-0.2, 0) is 14.4 Å². The Morgan fingerprint density at radius 2 is 1.75 bits per heavy atom. The Labute approximate surface area is 201 Å². The Hall–Kier alpha value is -3.94. The van der Waals surface area contributed by atoms with Gasteiger partial charge in [-0.3, -0.25) is 19.2 Å². The van der Waals surface area contributed by atoms with Crippen LogP contribution in [0.4, 0.5) is 23.2 Å². The SMILES string of the molecule is CCC(C(=O)N[C@@H](CC(=O)O)C(O)COc1c(F)c(F)cc(F)c1F)n1cccc(NC(C)=O)c1=O. The number of carboxylic acid groups (broad SMARTS) is 1. The lowest BCUT2D eigenvalue weighted by Crippen LogP contribution is -2.50. The summed E-state index contributed by atoms with van der Waals surface area (Å²) in [5.74, 6) is -11.6. The second-order valence-electron chi connectivity index (χ2n) is 7.63. The molecule has 0 saturated carbocycles. The molecule has 1 aromatic carbocycles. The van der Waals surface area contributed by atoms with Crippen LogP contribution in [0.25, 0.3) is 0 Å². The molecule has 4 N–H and O–H groups in total. The monoisotopic (exact) mass is 517 g/mol. The lowest BCUT2D eigenvalue weighted by Gasteiger charge is -2.26. The molecule has 2 unspecified atom stereocenters. The zero-order valence-electron chi connectivity index (χ0n) is 19.1. The fourth-order valence-corrected chi connectivity index (χ4v) is 3.26. The number of carbonyl (C=O) groups excluding carboxylic acids is 2. The number of aliphatic hydroxyl groups excluding tert-OH is 1. The van der Waals surface area contributed by atoms with Gasteiger partial charge in [0.1, 0.15) is 24.4 Å². The number of pyridine rings is 1. The number of amides is 2. The average Bonchev–Trinajstić information content (AvgIpc) is 2.79. The zero-order valence-corrected chi connectivity index (χ0v) is 19.1. The molecule has 2 rings (SSSR count). The minimum absolute atomic E-state index is 0.0284. The first-order chi connectivity index (χ1) is 16.9. The van der Waals surface area contributed by atoms with E-state index in [9.17, 15) is 41.8 Å². The van der Waals surface area contributed by atoms with Gasteiger partial charge in [0.15, 0.2) is 17.4 Å². The summed E-state index contributed by atoms with van der Waals surface area (Å²) in [7, 11) is 0. The van der Waals surface area contributed by atoms with E-state index in [1.807, 2.05) is 0 Å². The molecule has 0 fully saturated rings. The number of aliphatic hydroxyl groups is 1. The van der Waals surface area contributed by atoms with Crippen molar-refractivity contribution >= 4 is 23.5 Å². The van der Waals surface area contributed by atoms with E-state index < -0.39 is 83.6 Å². The van der Waals surface area contributed by atoms with Crippen LogP contribution in [0.2, 0.25) is 0 Å². The van der Waals surface area contributed by atoms with E-state index in [0.717, 1.165) is 4.57 Å². The van der Waals surface area contributed by atoms with Crippen molar-refractivity contribution in [3.63, 3.8) is 0 Å². The number of hydrogen-bond donors (Lipinski definition) is 4. The number of aliphatic carboxylic acids is 1. The van der Waals surface area contributed by atoms with Crippen LogP contribution in [0.1, 0.15) is 32.7 Å². The topological polar surface area (TPSA) is 147 Å². The van der Waals surface area contributed by atoms with E-state index in [1.165, 1.54) is 32.2 Å². The van der Waals surface area contributed by atoms with Crippen molar-refractivity contribution in [2.45, 2.75) is 44.9 Å².